The number of carbonyl (C=O) groups is 1. The minimum Gasteiger partial charge on any atom is -0.273 e. The Morgan fingerprint density at radius 1 is 1.35 bits per heavy atom. The molecule has 0 radical (unpaired) electrons. The van der Waals surface area contributed by atoms with Gasteiger partial charge in [-0.1, -0.05) is 56.7 Å². The summed E-state index contributed by atoms with van der Waals surface area (Å²) in [6, 6.07) is 5.52. The highest BCUT2D eigenvalue weighted by Gasteiger charge is 2.48. The van der Waals surface area contributed by atoms with Crippen molar-refractivity contribution in [2.45, 2.75) is 17.5 Å². The number of anilines is 1. The van der Waals surface area contributed by atoms with Crippen LogP contribution in [-0.4, -0.2) is 32.8 Å². The monoisotopic (exact) mass is 355 g/mol. The predicted molar refractivity (Wildman–Crippen MR) is 81.7 cm³/mol. The van der Waals surface area contributed by atoms with Gasteiger partial charge in [-0.25, -0.2) is 4.79 Å². The molecule has 0 N–H and O–H groups in total. The summed E-state index contributed by atoms with van der Waals surface area (Å²) >= 11 is 22.0. The van der Waals surface area contributed by atoms with E-state index in [4.69, 9.17) is 47.0 Å². The number of thiocarbonyl (C=S) groups is 1. The quantitative estimate of drug-likeness (QED) is 0.351. The third-order valence-electron chi connectivity index (χ3n) is 2.78. The summed E-state index contributed by atoms with van der Waals surface area (Å²) in [6.07, 6.45) is -0.508. The van der Waals surface area contributed by atoms with Gasteiger partial charge in [-0.3, -0.25) is 4.90 Å². The van der Waals surface area contributed by atoms with Crippen LogP contribution in [0.4, 0.5) is 15.0 Å². The number of halogens is 4. The van der Waals surface area contributed by atoms with Crippen LogP contribution in [0.2, 0.25) is 5.02 Å². The Hall–Kier alpha value is -0.660. The maximum atomic E-state index is 13.9. The van der Waals surface area contributed by atoms with Crippen LogP contribution in [0.1, 0.15) is 6.42 Å². The molecule has 2 amide bonds. The predicted octanol–water partition coefficient (Wildman–Crippen LogP) is 4.16. The van der Waals surface area contributed by atoms with Gasteiger partial charge in [0.1, 0.15) is 6.17 Å². The fraction of sp³-hybridized carbons (Fsp3) is 0.273. The molecule has 0 saturated carbocycles. The Labute approximate surface area is 135 Å². The number of rotatable bonds is 4. The van der Waals surface area contributed by atoms with E-state index in [2.05, 4.69) is 0 Å². The van der Waals surface area contributed by atoms with Crippen molar-refractivity contribution in [1.29, 1.82) is 0 Å². The highest BCUT2D eigenvalue weighted by atomic mass is 35.5. The molecule has 108 valence electrons. The molecule has 1 unspecified atom stereocenters. The Kier molecular flexibility index (Phi) is 5.04. The number of carbonyl (C=O) groups excluding carboxylic acids is 1. The minimum absolute atomic E-state index is 0.108. The molecule has 4 nitrogen and oxygen atoms in total. The maximum absolute atomic E-state index is 13.9. The SMILES string of the molecule is O=C1N(c2ccc(Cl)cc2)C(CC=S)N(C(Cl)Cl)N1F. The van der Waals surface area contributed by atoms with Gasteiger partial charge < -0.3 is 0 Å². The van der Waals surface area contributed by atoms with Crippen molar-refractivity contribution in [3.05, 3.63) is 29.3 Å². The Bertz CT molecular complexity index is 516. The lowest BCUT2D eigenvalue weighted by molar-refractivity contribution is -0.110. The molecule has 1 aromatic carbocycles. The van der Waals surface area contributed by atoms with Crippen LogP contribution in [-0.2, 0) is 0 Å². The van der Waals surface area contributed by atoms with E-state index in [1.54, 1.807) is 24.3 Å². The third kappa shape index (κ3) is 2.84. The number of alkyl halides is 2. The number of hydrazine groups is 1. The first-order valence-corrected chi connectivity index (χ1v) is 7.24. The second kappa shape index (κ2) is 6.41. The van der Waals surface area contributed by atoms with Crippen molar-refractivity contribution in [3.63, 3.8) is 0 Å². The molecule has 20 heavy (non-hydrogen) atoms. The largest absolute Gasteiger partial charge is 0.369 e. The standard InChI is InChI=1S/C11H9Cl3FN3OS/c12-7-1-3-8(4-2-7)16-9(5-6-20)17(10(13)14)18(15)11(16)19/h1-4,6,9-10H,5H2. The van der Waals surface area contributed by atoms with Crippen molar-refractivity contribution < 1.29 is 9.28 Å². The van der Waals surface area contributed by atoms with Crippen molar-refractivity contribution in [3.8, 4) is 0 Å². The third-order valence-corrected chi connectivity index (χ3v) is 3.63. The molecule has 1 fully saturated rings. The van der Waals surface area contributed by atoms with E-state index in [1.807, 2.05) is 0 Å². The smallest absolute Gasteiger partial charge is 0.273 e. The Morgan fingerprint density at radius 2 is 1.95 bits per heavy atom. The summed E-state index contributed by atoms with van der Waals surface area (Å²) in [4.78, 5) is 12.0. The number of amides is 2. The van der Waals surface area contributed by atoms with E-state index in [1.165, 1.54) is 10.3 Å². The lowest BCUT2D eigenvalue weighted by Gasteiger charge is -2.27. The summed E-state index contributed by atoms with van der Waals surface area (Å²) in [5.74, 6) is 0. The summed E-state index contributed by atoms with van der Waals surface area (Å²) in [6.45, 7) is 0. The fourth-order valence-corrected chi connectivity index (χ4v) is 2.65. The molecule has 1 atom stereocenters. The fourth-order valence-electron chi connectivity index (χ4n) is 1.94. The zero-order valence-electron chi connectivity index (χ0n) is 9.92. The topological polar surface area (TPSA) is 26.8 Å². The Morgan fingerprint density at radius 3 is 2.45 bits per heavy atom. The zero-order valence-corrected chi connectivity index (χ0v) is 13.0. The molecule has 1 aromatic rings. The van der Waals surface area contributed by atoms with Crippen molar-refractivity contribution >= 4 is 64.1 Å². The first-order valence-electron chi connectivity index (χ1n) is 5.52. The van der Waals surface area contributed by atoms with E-state index in [-0.39, 0.29) is 11.7 Å². The molecule has 0 aromatic heterocycles. The van der Waals surface area contributed by atoms with Gasteiger partial charge >= 0.3 is 6.03 Å². The van der Waals surface area contributed by atoms with Crippen LogP contribution >= 0.6 is 47.0 Å². The van der Waals surface area contributed by atoms with E-state index in [9.17, 15) is 9.28 Å². The highest BCUT2D eigenvalue weighted by molar-refractivity contribution is 7.78. The van der Waals surface area contributed by atoms with Gasteiger partial charge in [-0.05, 0) is 29.6 Å². The first kappa shape index (κ1) is 15.7. The van der Waals surface area contributed by atoms with E-state index in [0.29, 0.717) is 10.7 Å². The molecule has 1 aliphatic rings. The molecule has 0 spiro atoms. The second-order valence-corrected chi connectivity index (χ2v) is 5.75. The van der Waals surface area contributed by atoms with Crippen molar-refractivity contribution in [1.82, 2.24) is 10.2 Å². The summed E-state index contributed by atoms with van der Waals surface area (Å²) in [7, 11) is 0. The van der Waals surface area contributed by atoms with Gasteiger partial charge in [0.2, 0.25) is 0 Å². The number of urea groups is 1. The average Bonchev–Trinajstić information content (AvgIpc) is 2.64. The van der Waals surface area contributed by atoms with Crippen molar-refractivity contribution in [2.75, 3.05) is 4.90 Å². The minimum atomic E-state index is -1.22. The molecule has 1 saturated heterocycles. The van der Waals surface area contributed by atoms with Gasteiger partial charge in [0.05, 0.1) is 0 Å². The van der Waals surface area contributed by atoms with Crippen LogP contribution in [0.15, 0.2) is 24.3 Å². The molecule has 1 aliphatic heterocycles. The highest BCUT2D eigenvalue weighted by Crippen LogP contribution is 2.34. The van der Waals surface area contributed by atoms with Crippen LogP contribution in [0, 0.1) is 0 Å². The van der Waals surface area contributed by atoms with Crippen LogP contribution in [0.25, 0.3) is 0 Å². The van der Waals surface area contributed by atoms with Gasteiger partial charge in [-0.2, -0.15) is 0 Å². The number of benzene rings is 1. The number of hydrogen-bond donors (Lipinski definition) is 0. The van der Waals surface area contributed by atoms with Crippen LogP contribution < -0.4 is 4.90 Å². The summed E-state index contributed by atoms with van der Waals surface area (Å²) in [5, 5.41) is 2.70. The molecule has 9 heteroatoms. The second-order valence-electron chi connectivity index (χ2n) is 3.93. The van der Waals surface area contributed by atoms with E-state index in [0.717, 1.165) is 5.01 Å². The van der Waals surface area contributed by atoms with Crippen molar-refractivity contribution in [2.24, 2.45) is 0 Å². The Balaban J connectivity index is 2.41. The first-order chi connectivity index (χ1) is 9.47. The molecule has 0 bridgehead atoms. The normalized spacial score (nSPS) is 20.1. The zero-order chi connectivity index (χ0) is 14.9. The lowest BCUT2D eigenvalue weighted by atomic mass is 10.2. The average molecular weight is 357 g/mol. The molecule has 1 heterocycles. The molecular weight excluding hydrogens is 348 g/mol. The van der Waals surface area contributed by atoms with Gasteiger partial charge in [0.15, 0.2) is 4.96 Å². The number of nitrogens with zero attached hydrogens (tertiary/aromatic N) is 3. The summed E-state index contributed by atoms with van der Waals surface area (Å²) < 4.78 is 13.9. The van der Waals surface area contributed by atoms with Gasteiger partial charge in [0, 0.05) is 17.1 Å². The van der Waals surface area contributed by atoms with E-state index >= 15 is 0 Å². The molecule has 2 rings (SSSR count). The van der Waals surface area contributed by atoms with Gasteiger partial charge in [-0.15, -0.1) is 5.01 Å². The van der Waals surface area contributed by atoms with Crippen LogP contribution in [0.3, 0.4) is 0 Å². The number of hydrogen-bond acceptors (Lipinski definition) is 3. The molecule has 0 aliphatic carbocycles. The van der Waals surface area contributed by atoms with E-state index < -0.39 is 17.2 Å². The lowest BCUT2D eigenvalue weighted by Crippen LogP contribution is -2.43. The molecular formula is C11H9Cl3FN3OS. The maximum Gasteiger partial charge on any atom is 0.369 e. The van der Waals surface area contributed by atoms with Crippen LogP contribution in [0.5, 0.6) is 0 Å². The summed E-state index contributed by atoms with van der Waals surface area (Å²) in [5.41, 5.74) is 0.473. The van der Waals surface area contributed by atoms with Gasteiger partial charge in [0.25, 0.3) is 0 Å².